The number of aromatic nitrogens is 3. The molecular formula is C11H11F2N5O. The molecule has 0 saturated heterocycles. The Labute approximate surface area is 107 Å². The van der Waals surface area contributed by atoms with Crippen LogP contribution in [-0.2, 0) is 0 Å². The molecule has 0 bridgehead atoms. The molecule has 0 aliphatic rings. The smallest absolute Gasteiger partial charge is 0.289 e. The van der Waals surface area contributed by atoms with Gasteiger partial charge in [-0.2, -0.15) is 4.98 Å². The molecule has 0 aliphatic heterocycles. The van der Waals surface area contributed by atoms with Crippen molar-refractivity contribution in [1.82, 2.24) is 20.5 Å². The summed E-state index contributed by atoms with van der Waals surface area (Å²) < 4.78 is 26.6. The van der Waals surface area contributed by atoms with E-state index in [9.17, 15) is 13.6 Å². The first-order valence-electron chi connectivity index (χ1n) is 5.41. The third kappa shape index (κ3) is 2.84. The summed E-state index contributed by atoms with van der Waals surface area (Å²) in [7, 11) is 0. The van der Waals surface area contributed by atoms with Crippen molar-refractivity contribution in [2.24, 2.45) is 0 Å². The summed E-state index contributed by atoms with van der Waals surface area (Å²) in [6.45, 7) is 1.52. The highest BCUT2D eigenvalue weighted by Gasteiger charge is 2.17. The number of halogens is 2. The maximum Gasteiger partial charge on any atom is 0.289 e. The molecule has 19 heavy (non-hydrogen) atoms. The number of nitrogens with zero attached hydrogens (tertiary/aromatic N) is 2. The van der Waals surface area contributed by atoms with Crippen molar-refractivity contribution < 1.29 is 13.6 Å². The lowest BCUT2D eigenvalue weighted by Crippen LogP contribution is -2.28. The Hall–Kier alpha value is -2.51. The Morgan fingerprint density at radius 1 is 1.47 bits per heavy atom. The van der Waals surface area contributed by atoms with E-state index in [0.717, 1.165) is 18.2 Å². The Morgan fingerprint density at radius 2 is 2.21 bits per heavy atom. The van der Waals surface area contributed by atoms with Gasteiger partial charge in [0.25, 0.3) is 5.91 Å². The molecule has 1 heterocycles. The van der Waals surface area contributed by atoms with Gasteiger partial charge in [-0.3, -0.25) is 9.89 Å². The Morgan fingerprint density at radius 3 is 2.84 bits per heavy atom. The van der Waals surface area contributed by atoms with E-state index < -0.39 is 23.6 Å². The average Bonchev–Trinajstić information content (AvgIpc) is 2.79. The lowest BCUT2D eigenvalue weighted by Gasteiger charge is -2.14. The van der Waals surface area contributed by atoms with Crippen molar-refractivity contribution in [2.45, 2.75) is 13.0 Å². The molecule has 4 N–H and O–H groups in total. The molecule has 0 radical (unpaired) electrons. The lowest BCUT2D eigenvalue weighted by molar-refractivity contribution is 0.0929. The highest BCUT2D eigenvalue weighted by Crippen LogP contribution is 2.18. The molecule has 0 aliphatic carbocycles. The van der Waals surface area contributed by atoms with Crippen LogP contribution in [0.5, 0.6) is 0 Å². The van der Waals surface area contributed by atoms with Crippen LogP contribution in [0.4, 0.5) is 14.7 Å². The van der Waals surface area contributed by atoms with Crippen molar-refractivity contribution in [3.63, 3.8) is 0 Å². The van der Waals surface area contributed by atoms with Crippen LogP contribution >= 0.6 is 0 Å². The van der Waals surface area contributed by atoms with E-state index in [4.69, 9.17) is 5.73 Å². The molecule has 1 amide bonds. The maximum absolute atomic E-state index is 13.5. The molecule has 0 spiro atoms. The standard InChI is InChI=1S/C11H11F2N5O/c1-5(7-4-6(12)2-3-8(7)13)15-10(19)9-16-11(14)18-17-9/h2-5H,1H3,(H,15,19)(H3,14,16,17,18). The van der Waals surface area contributed by atoms with Crippen LogP contribution in [0.3, 0.4) is 0 Å². The number of nitrogen functional groups attached to an aromatic ring is 1. The SMILES string of the molecule is CC(NC(=O)c1nc(N)n[nH]1)c1cc(F)ccc1F. The minimum Gasteiger partial charge on any atom is -0.366 e. The van der Waals surface area contributed by atoms with Crippen LogP contribution in [0.1, 0.15) is 29.1 Å². The third-order valence-corrected chi connectivity index (χ3v) is 2.49. The fraction of sp³-hybridized carbons (Fsp3) is 0.182. The second-order valence-corrected chi connectivity index (χ2v) is 3.90. The molecule has 0 saturated carbocycles. The predicted molar refractivity (Wildman–Crippen MR) is 63.0 cm³/mol. The number of carbonyl (C=O) groups is 1. The van der Waals surface area contributed by atoms with E-state index in [-0.39, 0.29) is 17.3 Å². The molecule has 1 aromatic heterocycles. The summed E-state index contributed by atoms with van der Waals surface area (Å²) in [4.78, 5) is 15.3. The average molecular weight is 267 g/mol. The number of nitrogens with two attached hydrogens (primary N) is 1. The molecule has 0 fully saturated rings. The van der Waals surface area contributed by atoms with Gasteiger partial charge in [0.15, 0.2) is 0 Å². The number of nitrogens with one attached hydrogen (secondary N) is 2. The second-order valence-electron chi connectivity index (χ2n) is 3.90. The number of aromatic amines is 1. The topological polar surface area (TPSA) is 96.7 Å². The molecule has 2 aromatic rings. The number of hydrogen-bond acceptors (Lipinski definition) is 4. The van der Waals surface area contributed by atoms with Crippen LogP contribution in [0, 0.1) is 11.6 Å². The minimum atomic E-state index is -0.727. The zero-order valence-corrected chi connectivity index (χ0v) is 9.95. The number of hydrogen-bond donors (Lipinski definition) is 3. The van der Waals surface area contributed by atoms with Crippen LogP contribution in [-0.4, -0.2) is 21.1 Å². The fourth-order valence-corrected chi connectivity index (χ4v) is 1.57. The van der Waals surface area contributed by atoms with Crippen molar-refractivity contribution in [1.29, 1.82) is 0 Å². The monoisotopic (exact) mass is 267 g/mol. The number of carbonyl (C=O) groups excluding carboxylic acids is 1. The van der Waals surface area contributed by atoms with Gasteiger partial charge >= 0.3 is 0 Å². The van der Waals surface area contributed by atoms with Crippen LogP contribution in [0.2, 0.25) is 0 Å². The van der Waals surface area contributed by atoms with Crippen molar-refractivity contribution >= 4 is 11.9 Å². The van der Waals surface area contributed by atoms with Gasteiger partial charge in [0, 0.05) is 5.56 Å². The van der Waals surface area contributed by atoms with Crippen molar-refractivity contribution in [3.8, 4) is 0 Å². The Kier molecular flexibility index (Phi) is 3.41. The van der Waals surface area contributed by atoms with E-state index in [1.807, 2.05) is 0 Å². The zero-order chi connectivity index (χ0) is 14.0. The number of amides is 1. The van der Waals surface area contributed by atoms with Gasteiger partial charge in [0.1, 0.15) is 11.6 Å². The highest BCUT2D eigenvalue weighted by molar-refractivity contribution is 5.90. The van der Waals surface area contributed by atoms with Crippen molar-refractivity contribution in [3.05, 3.63) is 41.2 Å². The first-order chi connectivity index (χ1) is 8.97. The maximum atomic E-state index is 13.5. The van der Waals surface area contributed by atoms with Gasteiger partial charge in [-0.25, -0.2) is 8.78 Å². The molecule has 2 rings (SSSR count). The van der Waals surface area contributed by atoms with E-state index in [0.29, 0.717) is 0 Å². The molecule has 100 valence electrons. The second kappa shape index (κ2) is 5.01. The first-order valence-corrected chi connectivity index (χ1v) is 5.41. The summed E-state index contributed by atoms with van der Waals surface area (Å²) >= 11 is 0. The summed E-state index contributed by atoms with van der Waals surface area (Å²) in [6.07, 6.45) is 0. The van der Waals surface area contributed by atoms with E-state index >= 15 is 0 Å². The zero-order valence-electron chi connectivity index (χ0n) is 9.95. The van der Waals surface area contributed by atoms with E-state index in [1.165, 1.54) is 6.92 Å². The van der Waals surface area contributed by atoms with Crippen LogP contribution < -0.4 is 11.1 Å². The summed E-state index contributed by atoms with van der Waals surface area (Å²) in [5.74, 6) is -1.97. The summed E-state index contributed by atoms with van der Waals surface area (Å²) in [6, 6.07) is 2.30. The largest absolute Gasteiger partial charge is 0.366 e. The molecular weight excluding hydrogens is 256 g/mol. The fourth-order valence-electron chi connectivity index (χ4n) is 1.57. The highest BCUT2D eigenvalue weighted by atomic mass is 19.1. The summed E-state index contributed by atoms with van der Waals surface area (Å²) in [5, 5.41) is 8.28. The van der Waals surface area contributed by atoms with Crippen LogP contribution in [0.25, 0.3) is 0 Å². The van der Waals surface area contributed by atoms with Gasteiger partial charge < -0.3 is 11.1 Å². The normalized spacial score (nSPS) is 12.2. The van der Waals surface area contributed by atoms with Gasteiger partial charge in [-0.05, 0) is 25.1 Å². The first kappa shape index (κ1) is 12.9. The summed E-state index contributed by atoms with van der Waals surface area (Å²) in [5.41, 5.74) is 5.30. The molecule has 1 atom stereocenters. The third-order valence-electron chi connectivity index (χ3n) is 2.49. The molecule has 6 nitrogen and oxygen atoms in total. The quantitative estimate of drug-likeness (QED) is 0.777. The number of H-pyrrole nitrogens is 1. The van der Waals surface area contributed by atoms with E-state index in [2.05, 4.69) is 20.5 Å². The van der Waals surface area contributed by atoms with Crippen molar-refractivity contribution in [2.75, 3.05) is 5.73 Å². The number of benzene rings is 1. The van der Waals surface area contributed by atoms with E-state index in [1.54, 1.807) is 0 Å². The molecule has 1 aromatic carbocycles. The minimum absolute atomic E-state index is 0.0424. The Balaban J connectivity index is 2.14. The van der Waals surface area contributed by atoms with Gasteiger partial charge in [-0.1, -0.05) is 0 Å². The molecule has 8 heteroatoms. The van der Waals surface area contributed by atoms with Crippen LogP contribution in [0.15, 0.2) is 18.2 Å². The molecule has 1 unspecified atom stereocenters. The Bertz CT molecular complexity index is 613. The number of rotatable bonds is 3. The lowest BCUT2D eigenvalue weighted by atomic mass is 10.1. The number of anilines is 1. The van der Waals surface area contributed by atoms with Gasteiger partial charge in [-0.15, -0.1) is 5.10 Å². The predicted octanol–water partition coefficient (Wildman–Crippen LogP) is 1.16. The van der Waals surface area contributed by atoms with Gasteiger partial charge in [0.05, 0.1) is 6.04 Å². The van der Waals surface area contributed by atoms with Gasteiger partial charge in [0.2, 0.25) is 11.8 Å².